The normalized spacial score (nSPS) is 15.4. The van der Waals surface area contributed by atoms with Gasteiger partial charge in [0, 0.05) is 10.6 Å². The summed E-state index contributed by atoms with van der Waals surface area (Å²) < 4.78 is 0. The van der Waals surface area contributed by atoms with E-state index >= 15 is 0 Å². The van der Waals surface area contributed by atoms with Crippen LogP contribution in [0.3, 0.4) is 0 Å². The molecule has 0 saturated carbocycles. The highest BCUT2D eigenvalue weighted by Gasteiger charge is 2.20. The van der Waals surface area contributed by atoms with E-state index in [-0.39, 0.29) is 23.1 Å². The maximum absolute atomic E-state index is 12.7. The zero-order valence-electron chi connectivity index (χ0n) is 14.1. The molecule has 1 aliphatic carbocycles. The van der Waals surface area contributed by atoms with Crippen LogP contribution in [0.25, 0.3) is 0 Å². The van der Waals surface area contributed by atoms with Gasteiger partial charge in [-0.1, -0.05) is 25.8 Å². The zero-order valence-corrected chi connectivity index (χ0v) is 14.9. The maximum atomic E-state index is 12.7. The standard InChI is InChI=1S/C19H24N2O2S/c1-2-7-16(17-10-6-11-24-17)21-19(23)14-12-13-8-4-3-5-9-15(13)20-18(14)22/h6,10-12,16H,2-5,7-9H2,1H3,(H,20,22)(H,21,23). The fraction of sp³-hybridized carbons (Fsp3) is 0.474. The number of nitrogens with one attached hydrogen (secondary N) is 2. The van der Waals surface area contributed by atoms with Gasteiger partial charge >= 0.3 is 0 Å². The third kappa shape index (κ3) is 3.78. The molecular weight excluding hydrogens is 320 g/mol. The molecule has 3 rings (SSSR count). The van der Waals surface area contributed by atoms with Crippen LogP contribution in [0.2, 0.25) is 0 Å². The molecule has 1 unspecified atom stereocenters. The van der Waals surface area contributed by atoms with Crippen molar-refractivity contribution >= 4 is 17.2 Å². The maximum Gasteiger partial charge on any atom is 0.261 e. The lowest BCUT2D eigenvalue weighted by molar-refractivity contribution is 0.0933. The molecule has 4 nitrogen and oxygen atoms in total. The first-order chi connectivity index (χ1) is 11.7. The summed E-state index contributed by atoms with van der Waals surface area (Å²) in [4.78, 5) is 29.1. The molecule has 128 valence electrons. The minimum Gasteiger partial charge on any atom is -0.344 e. The average Bonchev–Trinajstić information content (AvgIpc) is 3.00. The van der Waals surface area contributed by atoms with Gasteiger partial charge in [-0.05, 0) is 55.2 Å². The Labute approximate surface area is 146 Å². The fourth-order valence-electron chi connectivity index (χ4n) is 3.32. The van der Waals surface area contributed by atoms with E-state index in [9.17, 15) is 9.59 Å². The number of fused-ring (bicyclic) bond motifs is 1. The molecule has 2 aromatic heterocycles. The molecule has 0 radical (unpaired) electrons. The number of carbonyl (C=O) groups excluding carboxylic acids is 1. The SMILES string of the molecule is CCCC(NC(=O)c1cc2c([nH]c1=O)CCCCC2)c1cccs1. The van der Waals surface area contributed by atoms with Crippen LogP contribution < -0.4 is 10.9 Å². The van der Waals surface area contributed by atoms with Crippen molar-refractivity contribution in [1.29, 1.82) is 0 Å². The summed E-state index contributed by atoms with van der Waals surface area (Å²) in [7, 11) is 0. The number of aromatic amines is 1. The van der Waals surface area contributed by atoms with E-state index in [0.29, 0.717) is 0 Å². The highest BCUT2D eigenvalue weighted by Crippen LogP contribution is 2.24. The highest BCUT2D eigenvalue weighted by molar-refractivity contribution is 7.10. The number of hydrogen-bond acceptors (Lipinski definition) is 3. The van der Waals surface area contributed by atoms with Gasteiger partial charge < -0.3 is 10.3 Å². The van der Waals surface area contributed by atoms with Gasteiger partial charge in [-0.3, -0.25) is 9.59 Å². The first kappa shape index (κ1) is 17.0. The Bertz CT molecular complexity index is 749. The Morgan fingerprint density at radius 1 is 1.33 bits per heavy atom. The van der Waals surface area contributed by atoms with E-state index in [1.807, 2.05) is 23.6 Å². The second kappa shape index (κ2) is 7.79. The van der Waals surface area contributed by atoms with E-state index in [4.69, 9.17) is 0 Å². The quantitative estimate of drug-likeness (QED) is 0.806. The lowest BCUT2D eigenvalue weighted by atomic mass is 10.0. The monoisotopic (exact) mass is 344 g/mol. The van der Waals surface area contributed by atoms with Crippen LogP contribution in [-0.2, 0) is 12.8 Å². The van der Waals surface area contributed by atoms with Crippen molar-refractivity contribution in [3.8, 4) is 0 Å². The molecule has 1 atom stereocenters. The van der Waals surface area contributed by atoms with Crippen LogP contribution in [0.4, 0.5) is 0 Å². The predicted molar refractivity (Wildman–Crippen MR) is 97.8 cm³/mol. The van der Waals surface area contributed by atoms with Crippen LogP contribution in [0.15, 0.2) is 28.4 Å². The number of rotatable bonds is 5. The van der Waals surface area contributed by atoms with Crippen LogP contribution >= 0.6 is 11.3 Å². The van der Waals surface area contributed by atoms with E-state index in [1.165, 1.54) is 6.42 Å². The van der Waals surface area contributed by atoms with Gasteiger partial charge in [0.2, 0.25) is 0 Å². The van der Waals surface area contributed by atoms with E-state index in [2.05, 4.69) is 17.2 Å². The van der Waals surface area contributed by atoms with Gasteiger partial charge in [0.15, 0.2) is 0 Å². The Hall–Kier alpha value is -1.88. The molecular formula is C19H24N2O2S. The van der Waals surface area contributed by atoms with Crippen molar-refractivity contribution in [2.24, 2.45) is 0 Å². The number of aryl methyl sites for hydroxylation is 2. The first-order valence-electron chi connectivity index (χ1n) is 8.78. The number of aromatic nitrogens is 1. The van der Waals surface area contributed by atoms with Gasteiger partial charge in [0.05, 0.1) is 6.04 Å². The average molecular weight is 344 g/mol. The second-order valence-electron chi connectivity index (χ2n) is 6.41. The fourth-order valence-corrected chi connectivity index (χ4v) is 4.13. The number of thiophene rings is 1. The third-order valence-corrected chi connectivity index (χ3v) is 5.59. The highest BCUT2D eigenvalue weighted by atomic mass is 32.1. The van der Waals surface area contributed by atoms with Crippen molar-refractivity contribution in [3.63, 3.8) is 0 Å². The molecule has 0 aliphatic heterocycles. The molecule has 0 saturated heterocycles. The summed E-state index contributed by atoms with van der Waals surface area (Å²) in [5.74, 6) is -0.268. The molecule has 1 aliphatic rings. The van der Waals surface area contributed by atoms with Crippen molar-refractivity contribution < 1.29 is 4.79 Å². The van der Waals surface area contributed by atoms with Crippen molar-refractivity contribution in [3.05, 3.63) is 55.6 Å². The second-order valence-corrected chi connectivity index (χ2v) is 7.39. The summed E-state index contributed by atoms with van der Waals surface area (Å²) in [6.07, 6.45) is 7.09. The number of hydrogen-bond donors (Lipinski definition) is 2. The van der Waals surface area contributed by atoms with E-state index < -0.39 is 0 Å². The summed E-state index contributed by atoms with van der Waals surface area (Å²) in [6, 6.07) is 5.81. The molecule has 5 heteroatoms. The third-order valence-electron chi connectivity index (χ3n) is 4.60. The van der Waals surface area contributed by atoms with Crippen LogP contribution in [0.5, 0.6) is 0 Å². The molecule has 1 amide bonds. The number of amides is 1. The van der Waals surface area contributed by atoms with Crippen molar-refractivity contribution in [2.75, 3.05) is 0 Å². The van der Waals surface area contributed by atoms with Gasteiger partial charge in [-0.15, -0.1) is 11.3 Å². The molecule has 2 heterocycles. The Morgan fingerprint density at radius 3 is 2.92 bits per heavy atom. The minimum atomic E-state index is -0.269. The summed E-state index contributed by atoms with van der Waals surface area (Å²) in [5.41, 5.74) is 2.11. The molecule has 24 heavy (non-hydrogen) atoms. The van der Waals surface area contributed by atoms with Gasteiger partial charge in [0.25, 0.3) is 11.5 Å². The van der Waals surface area contributed by atoms with Crippen LogP contribution in [0, 0.1) is 0 Å². The predicted octanol–water partition coefficient (Wildman–Crippen LogP) is 3.98. The summed E-state index contributed by atoms with van der Waals surface area (Å²) in [6.45, 7) is 2.10. The summed E-state index contributed by atoms with van der Waals surface area (Å²) >= 11 is 1.64. The number of pyridine rings is 1. The topological polar surface area (TPSA) is 62.0 Å². The number of H-pyrrole nitrogens is 1. The largest absolute Gasteiger partial charge is 0.344 e. The molecule has 2 N–H and O–H groups in total. The Balaban J connectivity index is 1.84. The van der Waals surface area contributed by atoms with E-state index in [0.717, 1.165) is 54.7 Å². The van der Waals surface area contributed by atoms with E-state index in [1.54, 1.807) is 11.3 Å². The molecule has 0 spiro atoms. The molecule has 0 bridgehead atoms. The first-order valence-corrected chi connectivity index (χ1v) is 9.66. The van der Waals surface area contributed by atoms with Gasteiger partial charge in [0.1, 0.15) is 5.56 Å². The minimum absolute atomic E-state index is 0.0271. The number of carbonyl (C=O) groups is 1. The van der Waals surface area contributed by atoms with Crippen molar-refractivity contribution in [1.82, 2.24) is 10.3 Å². The Kier molecular flexibility index (Phi) is 5.51. The van der Waals surface area contributed by atoms with Crippen LogP contribution in [-0.4, -0.2) is 10.9 Å². The molecule has 0 fully saturated rings. The van der Waals surface area contributed by atoms with Crippen molar-refractivity contribution in [2.45, 2.75) is 57.9 Å². The smallest absolute Gasteiger partial charge is 0.261 e. The lowest BCUT2D eigenvalue weighted by Gasteiger charge is -2.17. The lowest BCUT2D eigenvalue weighted by Crippen LogP contribution is -2.33. The summed E-state index contributed by atoms with van der Waals surface area (Å²) in [5, 5.41) is 5.06. The van der Waals surface area contributed by atoms with Crippen LogP contribution in [0.1, 0.15) is 71.6 Å². The Morgan fingerprint density at radius 2 is 2.17 bits per heavy atom. The van der Waals surface area contributed by atoms with Gasteiger partial charge in [-0.2, -0.15) is 0 Å². The molecule has 2 aromatic rings. The molecule has 0 aromatic carbocycles. The van der Waals surface area contributed by atoms with Gasteiger partial charge in [-0.25, -0.2) is 0 Å². The zero-order chi connectivity index (χ0) is 16.9.